The van der Waals surface area contributed by atoms with Crippen LogP contribution in [0.25, 0.3) is 5.69 Å². The Kier molecular flexibility index (Phi) is 1.70. The van der Waals surface area contributed by atoms with Gasteiger partial charge in [0, 0.05) is 0 Å². The van der Waals surface area contributed by atoms with Crippen molar-refractivity contribution >= 4 is 5.82 Å². The Morgan fingerprint density at radius 1 is 1.38 bits per heavy atom. The Balaban J connectivity index is 2.53. The summed E-state index contributed by atoms with van der Waals surface area (Å²) in [5.41, 5.74) is 7.26. The number of pyridine rings is 1. The molecule has 5 nitrogen and oxygen atoms in total. The van der Waals surface area contributed by atoms with Gasteiger partial charge in [-0.2, -0.15) is 0 Å². The Labute approximate surface area is 75.2 Å². The van der Waals surface area contributed by atoms with Crippen LogP contribution in [0, 0.1) is 6.92 Å². The normalized spacial score (nSPS) is 10.2. The number of nitrogens with two attached hydrogens (primary N) is 1. The van der Waals surface area contributed by atoms with E-state index in [2.05, 4.69) is 15.3 Å². The number of nitrogen functional groups attached to an aromatic ring is 1. The lowest BCUT2D eigenvalue weighted by Crippen LogP contribution is -2.01. The van der Waals surface area contributed by atoms with Crippen molar-refractivity contribution in [2.75, 3.05) is 5.73 Å². The maximum Gasteiger partial charge on any atom is 0.123 e. The zero-order valence-corrected chi connectivity index (χ0v) is 7.18. The number of anilines is 1. The minimum absolute atomic E-state index is 0.515. The first-order valence-corrected chi connectivity index (χ1v) is 3.87. The Morgan fingerprint density at radius 3 is 2.85 bits per heavy atom. The molecule has 0 atom stereocenters. The highest BCUT2D eigenvalue weighted by molar-refractivity contribution is 5.41. The molecule has 0 aliphatic heterocycles. The molecule has 0 unspecified atom stereocenters. The van der Waals surface area contributed by atoms with E-state index in [0.717, 1.165) is 11.4 Å². The molecule has 13 heavy (non-hydrogen) atoms. The molecule has 2 rings (SSSR count). The van der Waals surface area contributed by atoms with Gasteiger partial charge in [-0.25, -0.2) is 9.67 Å². The van der Waals surface area contributed by atoms with E-state index in [9.17, 15) is 0 Å². The largest absolute Gasteiger partial charge is 0.384 e. The molecule has 66 valence electrons. The van der Waals surface area contributed by atoms with Crippen molar-refractivity contribution in [2.45, 2.75) is 6.92 Å². The zero-order valence-electron chi connectivity index (χ0n) is 7.18. The monoisotopic (exact) mass is 175 g/mol. The summed E-state index contributed by atoms with van der Waals surface area (Å²) >= 11 is 0. The fraction of sp³-hybridized carbons (Fsp3) is 0.125. The van der Waals surface area contributed by atoms with Gasteiger partial charge < -0.3 is 5.73 Å². The third-order valence-electron chi connectivity index (χ3n) is 1.75. The zero-order chi connectivity index (χ0) is 9.26. The SMILES string of the molecule is Cc1nc(N)ccc1-n1ccnn1. The van der Waals surface area contributed by atoms with Crippen LogP contribution in [0.15, 0.2) is 24.5 Å². The molecule has 0 saturated heterocycles. The predicted molar refractivity (Wildman–Crippen MR) is 48.3 cm³/mol. The Morgan fingerprint density at radius 2 is 2.23 bits per heavy atom. The molecule has 2 N–H and O–H groups in total. The summed E-state index contributed by atoms with van der Waals surface area (Å²) in [4.78, 5) is 4.12. The van der Waals surface area contributed by atoms with Gasteiger partial charge in [0.1, 0.15) is 5.82 Å². The van der Waals surface area contributed by atoms with Crippen molar-refractivity contribution in [1.82, 2.24) is 20.0 Å². The van der Waals surface area contributed by atoms with Crippen molar-refractivity contribution in [1.29, 1.82) is 0 Å². The molecule has 2 aromatic rings. The van der Waals surface area contributed by atoms with E-state index in [1.54, 1.807) is 23.1 Å². The smallest absolute Gasteiger partial charge is 0.123 e. The van der Waals surface area contributed by atoms with Gasteiger partial charge in [-0.05, 0) is 19.1 Å². The van der Waals surface area contributed by atoms with Crippen LogP contribution < -0.4 is 5.73 Å². The maximum atomic E-state index is 5.52. The first-order valence-electron chi connectivity index (χ1n) is 3.87. The van der Waals surface area contributed by atoms with Crippen molar-refractivity contribution < 1.29 is 0 Å². The molecule has 2 heterocycles. The molecule has 0 aliphatic rings. The van der Waals surface area contributed by atoms with Crippen LogP contribution in [0.5, 0.6) is 0 Å². The van der Waals surface area contributed by atoms with E-state index >= 15 is 0 Å². The second kappa shape index (κ2) is 2.85. The summed E-state index contributed by atoms with van der Waals surface area (Å²) in [6.07, 6.45) is 3.38. The number of aromatic nitrogens is 4. The van der Waals surface area contributed by atoms with Gasteiger partial charge in [-0.15, -0.1) is 5.10 Å². The Hall–Kier alpha value is -1.91. The highest BCUT2D eigenvalue weighted by Gasteiger charge is 2.02. The average Bonchev–Trinajstić information content (AvgIpc) is 2.56. The number of aryl methyl sites for hydroxylation is 1. The van der Waals surface area contributed by atoms with Gasteiger partial charge in [0.2, 0.25) is 0 Å². The topological polar surface area (TPSA) is 69.6 Å². The molecule has 0 bridgehead atoms. The van der Waals surface area contributed by atoms with Crippen molar-refractivity contribution in [3.63, 3.8) is 0 Å². The molecule has 0 aliphatic carbocycles. The standard InChI is InChI=1S/C8H9N5/c1-6-7(2-3-8(9)11-6)13-5-4-10-12-13/h2-5H,1H3,(H2,9,11). The molecule has 0 aromatic carbocycles. The molecular weight excluding hydrogens is 166 g/mol. The summed E-state index contributed by atoms with van der Waals surface area (Å²) < 4.78 is 1.65. The fourth-order valence-electron chi connectivity index (χ4n) is 1.15. The molecule has 0 amide bonds. The van der Waals surface area contributed by atoms with Crippen LogP contribution >= 0.6 is 0 Å². The van der Waals surface area contributed by atoms with Gasteiger partial charge in [0.25, 0.3) is 0 Å². The van der Waals surface area contributed by atoms with Crippen molar-refractivity contribution in [3.8, 4) is 5.69 Å². The Bertz CT molecular complexity index is 406. The molecule has 0 radical (unpaired) electrons. The third kappa shape index (κ3) is 1.35. The first-order chi connectivity index (χ1) is 6.27. The molecule has 0 fully saturated rings. The molecule has 2 aromatic heterocycles. The van der Waals surface area contributed by atoms with E-state index in [1.807, 2.05) is 13.0 Å². The van der Waals surface area contributed by atoms with Gasteiger partial charge in [-0.1, -0.05) is 5.21 Å². The summed E-state index contributed by atoms with van der Waals surface area (Å²) in [5, 5.41) is 7.58. The number of rotatable bonds is 1. The van der Waals surface area contributed by atoms with E-state index in [0.29, 0.717) is 5.82 Å². The quantitative estimate of drug-likeness (QED) is 0.687. The lowest BCUT2D eigenvalue weighted by atomic mass is 10.3. The molecule has 5 heteroatoms. The van der Waals surface area contributed by atoms with Gasteiger partial charge in [0.15, 0.2) is 0 Å². The van der Waals surface area contributed by atoms with Crippen LogP contribution in [-0.4, -0.2) is 20.0 Å². The van der Waals surface area contributed by atoms with E-state index in [4.69, 9.17) is 5.73 Å². The second-order valence-electron chi connectivity index (χ2n) is 2.69. The van der Waals surface area contributed by atoms with Crippen LogP contribution in [0.4, 0.5) is 5.82 Å². The molecule has 0 spiro atoms. The van der Waals surface area contributed by atoms with Crippen LogP contribution in [0.3, 0.4) is 0 Å². The summed E-state index contributed by atoms with van der Waals surface area (Å²) in [6, 6.07) is 3.61. The minimum Gasteiger partial charge on any atom is -0.384 e. The van der Waals surface area contributed by atoms with E-state index in [-0.39, 0.29) is 0 Å². The van der Waals surface area contributed by atoms with Crippen LogP contribution in [0.1, 0.15) is 5.69 Å². The highest BCUT2D eigenvalue weighted by atomic mass is 15.4. The lowest BCUT2D eigenvalue weighted by Gasteiger charge is -2.03. The van der Waals surface area contributed by atoms with Crippen molar-refractivity contribution in [2.24, 2.45) is 0 Å². The number of hydrogen-bond acceptors (Lipinski definition) is 4. The highest BCUT2D eigenvalue weighted by Crippen LogP contribution is 2.11. The summed E-state index contributed by atoms with van der Waals surface area (Å²) in [6.45, 7) is 1.88. The summed E-state index contributed by atoms with van der Waals surface area (Å²) in [5.74, 6) is 0.515. The van der Waals surface area contributed by atoms with E-state index in [1.165, 1.54) is 0 Å². The molecule has 0 saturated carbocycles. The van der Waals surface area contributed by atoms with Crippen LogP contribution in [-0.2, 0) is 0 Å². The van der Waals surface area contributed by atoms with Crippen molar-refractivity contribution in [3.05, 3.63) is 30.2 Å². The average molecular weight is 175 g/mol. The fourth-order valence-corrected chi connectivity index (χ4v) is 1.15. The van der Waals surface area contributed by atoms with Crippen LogP contribution in [0.2, 0.25) is 0 Å². The van der Waals surface area contributed by atoms with Gasteiger partial charge >= 0.3 is 0 Å². The summed E-state index contributed by atoms with van der Waals surface area (Å²) in [7, 11) is 0. The third-order valence-corrected chi connectivity index (χ3v) is 1.75. The van der Waals surface area contributed by atoms with E-state index < -0.39 is 0 Å². The predicted octanol–water partition coefficient (Wildman–Crippen LogP) is 0.553. The first kappa shape index (κ1) is 7.72. The lowest BCUT2D eigenvalue weighted by molar-refractivity contribution is 0.793. The minimum atomic E-state index is 0.515. The number of nitrogens with zero attached hydrogens (tertiary/aromatic N) is 4. The second-order valence-corrected chi connectivity index (χ2v) is 2.69. The van der Waals surface area contributed by atoms with Gasteiger partial charge in [0.05, 0.1) is 23.8 Å². The number of hydrogen-bond donors (Lipinski definition) is 1. The maximum absolute atomic E-state index is 5.52. The molecular formula is C8H9N5. The van der Waals surface area contributed by atoms with Gasteiger partial charge in [-0.3, -0.25) is 0 Å².